The maximum absolute atomic E-state index is 14.5. The molecule has 3 aromatic carbocycles. The molecule has 1 spiro atoms. The third kappa shape index (κ3) is 4.64. The highest BCUT2D eigenvalue weighted by atomic mass is 28.3. The molecule has 5 rings (SSSR count). The monoisotopic (exact) mass is 558 g/mol. The molecule has 0 aliphatic carbocycles. The van der Waals surface area contributed by atoms with Gasteiger partial charge in [0, 0.05) is 30.7 Å². The number of hydrogen-bond acceptors (Lipinski definition) is 5. The van der Waals surface area contributed by atoms with Crippen LogP contribution in [0.3, 0.4) is 0 Å². The number of rotatable bonds is 8. The number of nitrogens with one attached hydrogen (secondary N) is 1. The molecule has 0 unspecified atom stereocenters. The number of aliphatic hydroxyl groups excluding tert-OH is 1. The smallest absolute Gasteiger partial charge is 0.264 e. The molecule has 2 heterocycles. The van der Waals surface area contributed by atoms with E-state index in [0.29, 0.717) is 18.7 Å². The summed E-state index contributed by atoms with van der Waals surface area (Å²) in [5.41, 5.74) is 2.41. The predicted molar refractivity (Wildman–Crippen MR) is 160 cm³/mol. The van der Waals surface area contributed by atoms with Gasteiger partial charge in [-0.2, -0.15) is 0 Å². The van der Waals surface area contributed by atoms with Crippen LogP contribution in [0.5, 0.6) is 5.75 Å². The highest BCUT2D eigenvalue weighted by Gasteiger charge is 2.66. The summed E-state index contributed by atoms with van der Waals surface area (Å²) in [6.45, 7) is 8.69. The zero-order chi connectivity index (χ0) is 28.7. The van der Waals surface area contributed by atoms with Crippen molar-refractivity contribution in [3.63, 3.8) is 0 Å². The fraction of sp³-hybridized carbons (Fsp3) is 0.375. The highest BCUT2D eigenvalue weighted by molar-refractivity contribution is 6.91. The van der Waals surface area contributed by atoms with E-state index >= 15 is 0 Å². The van der Waals surface area contributed by atoms with Crippen LogP contribution in [0.1, 0.15) is 31.4 Å². The third-order valence-electron chi connectivity index (χ3n) is 8.77. The molecule has 2 amide bonds. The Morgan fingerprint density at radius 1 is 1.07 bits per heavy atom. The van der Waals surface area contributed by atoms with Crippen molar-refractivity contribution in [1.82, 2.24) is 0 Å². The van der Waals surface area contributed by atoms with Gasteiger partial charge in [-0.3, -0.25) is 9.59 Å². The van der Waals surface area contributed by atoms with E-state index in [1.54, 1.807) is 7.11 Å². The standard InChI is InChI=1S/C32H38N2O5Si/c1-21-30(40(4,5)26-16-14-25(38-3)15-17-26)29(18-19-35)39-32(21)27-8-6-7-9-28(27)34(31(32)37)20-23-10-12-24(13-11-23)33-22(2)36/h6-17,21,29-30,35H,18-20H2,1-5H3,(H,33,36)/t21-,29+,30-,32+/m1/s1. The maximum atomic E-state index is 14.5. The first-order chi connectivity index (χ1) is 19.1. The van der Waals surface area contributed by atoms with Gasteiger partial charge in [0.15, 0.2) is 5.60 Å². The van der Waals surface area contributed by atoms with Crippen LogP contribution in [-0.4, -0.2) is 44.8 Å². The van der Waals surface area contributed by atoms with Crippen molar-refractivity contribution in [2.24, 2.45) is 5.92 Å². The molecular formula is C32H38N2O5Si. The number of nitrogens with zero attached hydrogens (tertiary/aromatic N) is 1. The Bertz CT molecular complexity index is 1390. The molecule has 0 saturated carbocycles. The Morgan fingerprint density at radius 2 is 1.75 bits per heavy atom. The second-order valence-electron chi connectivity index (χ2n) is 11.5. The number of carbonyl (C=O) groups excluding carboxylic acids is 2. The summed E-state index contributed by atoms with van der Waals surface area (Å²) in [7, 11) is -0.538. The molecule has 2 N–H and O–H groups in total. The van der Waals surface area contributed by atoms with Crippen molar-refractivity contribution in [2.45, 2.75) is 57.2 Å². The molecule has 4 atom stereocenters. The van der Waals surface area contributed by atoms with Crippen molar-refractivity contribution in [3.8, 4) is 5.75 Å². The lowest BCUT2D eigenvalue weighted by atomic mass is 9.82. The van der Waals surface area contributed by atoms with Gasteiger partial charge in [0.05, 0.1) is 33.5 Å². The van der Waals surface area contributed by atoms with E-state index in [9.17, 15) is 14.7 Å². The number of aliphatic hydroxyl groups is 1. The van der Waals surface area contributed by atoms with Crippen molar-refractivity contribution < 1.29 is 24.2 Å². The lowest BCUT2D eigenvalue weighted by Crippen LogP contribution is -2.51. The quantitative estimate of drug-likeness (QED) is 0.388. The average molecular weight is 559 g/mol. The second kappa shape index (κ2) is 10.8. The lowest BCUT2D eigenvalue weighted by molar-refractivity contribution is -0.146. The molecule has 8 heteroatoms. The number of para-hydroxylation sites is 1. The van der Waals surface area contributed by atoms with Gasteiger partial charge in [-0.05, 0) is 47.9 Å². The minimum atomic E-state index is -2.20. The number of ether oxygens (including phenoxy) is 2. The summed E-state index contributed by atoms with van der Waals surface area (Å²) in [4.78, 5) is 27.8. The van der Waals surface area contributed by atoms with Crippen LogP contribution >= 0.6 is 0 Å². The Morgan fingerprint density at radius 3 is 2.38 bits per heavy atom. The van der Waals surface area contributed by atoms with Crippen LogP contribution in [-0.2, 0) is 26.5 Å². The van der Waals surface area contributed by atoms with E-state index in [0.717, 1.165) is 22.6 Å². The molecule has 210 valence electrons. The molecule has 0 radical (unpaired) electrons. The van der Waals surface area contributed by atoms with Crippen molar-refractivity contribution in [3.05, 3.63) is 83.9 Å². The topological polar surface area (TPSA) is 88.1 Å². The average Bonchev–Trinajstić information content (AvgIpc) is 3.37. The lowest BCUT2D eigenvalue weighted by Gasteiger charge is -2.37. The van der Waals surface area contributed by atoms with Gasteiger partial charge < -0.3 is 24.8 Å². The van der Waals surface area contributed by atoms with E-state index in [4.69, 9.17) is 9.47 Å². The van der Waals surface area contributed by atoms with Crippen LogP contribution in [0.15, 0.2) is 72.8 Å². The first-order valence-corrected chi connectivity index (χ1v) is 16.9. The molecule has 2 aliphatic rings. The van der Waals surface area contributed by atoms with E-state index < -0.39 is 13.7 Å². The Labute approximate surface area is 237 Å². The molecule has 0 aromatic heterocycles. The molecule has 1 saturated heterocycles. The van der Waals surface area contributed by atoms with Gasteiger partial charge in [0.1, 0.15) is 5.75 Å². The molecule has 40 heavy (non-hydrogen) atoms. The fourth-order valence-electron chi connectivity index (χ4n) is 6.90. The summed E-state index contributed by atoms with van der Waals surface area (Å²) in [6, 6.07) is 23.8. The SMILES string of the molecule is COc1ccc([Si](C)(C)[C@H]2[C@H](CCO)O[C@@]3(C(=O)N(Cc4ccc(NC(C)=O)cc4)c4ccccc43)[C@@H]2C)cc1. The number of hydrogen-bond donors (Lipinski definition) is 2. The number of fused-ring (bicyclic) bond motifs is 2. The Kier molecular flexibility index (Phi) is 7.61. The van der Waals surface area contributed by atoms with Crippen LogP contribution in [0, 0.1) is 5.92 Å². The van der Waals surface area contributed by atoms with E-state index in [1.165, 1.54) is 12.1 Å². The Hall–Kier alpha value is -3.46. The summed E-state index contributed by atoms with van der Waals surface area (Å²) in [5.74, 6) is 0.526. The summed E-state index contributed by atoms with van der Waals surface area (Å²) in [5, 5.41) is 14.1. The normalized spacial score (nSPS) is 23.9. The van der Waals surface area contributed by atoms with Gasteiger partial charge >= 0.3 is 0 Å². The maximum Gasteiger partial charge on any atom is 0.264 e. The number of methoxy groups -OCH3 is 1. The molecular weight excluding hydrogens is 520 g/mol. The first-order valence-electron chi connectivity index (χ1n) is 13.8. The molecule has 2 aliphatic heterocycles. The summed E-state index contributed by atoms with van der Waals surface area (Å²) >= 11 is 0. The van der Waals surface area contributed by atoms with Gasteiger partial charge in [-0.1, -0.05) is 67.7 Å². The predicted octanol–water partition coefficient (Wildman–Crippen LogP) is 4.80. The second-order valence-corrected chi connectivity index (χ2v) is 16.1. The first kappa shape index (κ1) is 28.1. The van der Waals surface area contributed by atoms with Gasteiger partial charge in [-0.15, -0.1) is 0 Å². The fourth-order valence-corrected chi connectivity index (χ4v) is 11.0. The zero-order valence-electron chi connectivity index (χ0n) is 23.8. The number of anilines is 2. The molecule has 3 aromatic rings. The number of carbonyl (C=O) groups is 2. The van der Waals surface area contributed by atoms with Gasteiger partial charge in [0.25, 0.3) is 5.91 Å². The van der Waals surface area contributed by atoms with Crippen LogP contribution in [0.2, 0.25) is 18.6 Å². The van der Waals surface area contributed by atoms with Gasteiger partial charge in [0.2, 0.25) is 5.91 Å². The van der Waals surface area contributed by atoms with Crippen LogP contribution in [0.4, 0.5) is 11.4 Å². The number of amides is 2. The molecule has 1 fully saturated rings. The molecule has 7 nitrogen and oxygen atoms in total. The van der Waals surface area contributed by atoms with E-state index in [2.05, 4.69) is 37.5 Å². The largest absolute Gasteiger partial charge is 0.497 e. The Balaban J connectivity index is 1.52. The highest BCUT2D eigenvalue weighted by Crippen LogP contribution is 2.60. The van der Waals surface area contributed by atoms with Crippen LogP contribution in [0.25, 0.3) is 0 Å². The summed E-state index contributed by atoms with van der Waals surface area (Å²) < 4.78 is 12.3. The minimum Gasteiger partial charge on any atom is -0.497 e. The number of benzene rings is 3. The zero-order valence-corrected chi connectivity index (χ0v) is 24.8. The minimum absolute atomic E-state index is 0.00272. The van der Waals surface area contributed by atoms with Crippen LogP contribution < -0.4 is 20.1 Å². The summed E-state index contributed by atoms with van der Waals surface area (Å²) in [6.07, 6.45) is 0.223. The van der Waals surface area contributed by atoms with Crippen molar-refractivity contribution in [1.29, 1.82) is 0 Å². The molecule has 0 bridgehead atoms. The van der Waals surface area contributed by atoms with Crippen molar-refractivity contribution in [2.75, 3.05) is 23.9 Å². The third-order valence-corrected chi connectivity index (χ3v) is 13.1. The van der Waals surface area contributed by atoms with E-state index in [1.807, 2.05) is 65.6 Å². The van der Waals surface area contributed by atoms with E-state index in [-0.39, 0.29) is 36.0 Å². The van der Waals surface area contributed by atoms with Gasteiger partial charge in [-0.25, -0.2) is 0 Å². The van der Waals surface area contributed by atoms with Crippen molar-refractivity contribution >= 4 is 36.4 Å².